The molecule has 0 aliphatic carbocycles. The van der Waals surface area contributed by atoms with Crippen molar-refractivity contribution in [1.29, 1.82) is 0 Å². The van der Waals surface area contributed by atoms with E-state index in [0.29, 0.717) is 17.8 Å². The normalized spacial score (nSPS) is 11.9. The number of benzene rings is 2. The zero-order valence-electron chi connectivity index (χ0n) is 11.9. The average Bonchev–Trinajstić information content (AvgIpc) is 2.48. The van der Waals surface area contributed by atoms with Gasteiger partial charge in [0.05, 0.1) is 0 Å². The van der Waals surface area contributed by atoms with Gasteiger partial charge in [0, 0.05) is 17.8 Å². The highest BCUT2D eigenvalue weighted by Crippen LogP contribution is 2.15. The number of rotatable bonds is 4. The molecule has 0 aromatic heterocycles. The zero-order chi connectivity index (χ0) is 14.5. The Kier molecular flexibility index (Phi) is 4.41. The summed E-state index contributed by atoms with van der Waals surface area (Å²) in [6.07, 6.45) is 0. The van der Waals surface area contributed by atoms with Crippen molar-refractivity contribution in [1.82, 2.24) is 5.32 Å². The Morgan fingerprint density at radius 3 is 2.55 bits per heavy atom. The van der Waals surface area contributed by atoms with Crippen LogP contribution in [0.1, 0.15) is 34.3 Å². The van der Waals surface area contributed by atoms with Crippen LogP contribution in [-0.4, -0.2) is 12.5 Å². The van der Waals surface area contributed by atoms with E-state index in [1.165, 1.54) is 5.56 Å². The fraction of sp³-hybridized carbons (Fsp3) is 0.235. The van der Waals surface area contributed by atoms with E-state index in [0.717, 1.165) is 5.56 Å². The minimum Gasteiger partial charge on any atom is -0.398 e. The molecular weight excluding hydrogens is 248 g/mol. The Bertz CT molecular complexity index is 593. The molecule has 0 spiro atoms. The molecule has 1 amide bonds. The Hall–Kier alpha value is -2.29. The van der Waals surface area contributed by atoms with Gasteiger partial charge in [-0.05, 0) is 36.1 Å². The molecule has 3 nitrogen and oxygen atoms in total. The second-order valence-electron chi connectivity index (χ2n) is 5.09. The molecule has 2 aromatic rings. The molecular formula is C17H20N2O. The van der Waals surface area contributed by atoms with Gasteiger partial charge in [-0.25, -0.2) is 0 Å². The average molecular weight is 268 g/mol. The Labute approximate surface area is 119 Å². The summed E-state index contributed by atoms with van der Waals surface area (Å²) in [7, 11) is 0. The highest BCUT2D eigenvalue weighted by Gasteiger charge is 2.10. The fourth-order valence-electron chi connectivity index (χ4n) is 2.03. The first kappa shape index (κ1) is 14.1. The monoisotopic (exact) mass is 268 g/mol. The minimum absolute atomic E-state index is 0.0838. The van der Waals surface area contributed by atoms with Crippen molar-refractivity contribution in [2.45, 2.75) is 19.8 Å². The summed E-state index contributed by atoms with van der Waals surface area (Å²) in [5.74, 6) is 0.197. The van der Waals surface area contributed by atoms with Crippen molar-refractivity contribution in [3.8, 4) is 0 Å². The van der Waals surface area contributed by atoms with Crippen LogP contribution < -0.4 is 11.1 Å². The molecule has 0 saturated heterocycles. The molecule has 2 rings (SSSR count). The molecule has 0 aliphatic heterocycles. The third kappa shape index (κ3) is 3.38. The second-order valence-corrected chi connectivity index (χ2v) is 5.09. The summed E-state index contributed by atoms with van der Waals surface area (Å²) in [6.45, 7) is 4.63. The molecule has 104 valence electrons. The molecule has 1 unspecified atom stereocenters. The van der Waals surface area contributed by atoms with Crippen LogP contribution in [0.5, 0.6) is 0 Å². The van der Waals surface area contributed by atoms with Crippen molar-refractivity contribution >= 4 is 11.6 Å². The summed E-state index contributed by atoms with van der Waals surface area (Å²) in [5, 5.41) is 2.95. The number of nitrogens with two attached hydrogens (primary N) is 1. The lowest BCUT2D eigenvalue weighted by Gasteiger charge is -2.13. The van der Waals surface area contributed by atoms with Crippen molar-refractivity contribution in [3.05, 3.63) is 65.2 Å². The van der Waals surface area contributed by atoms with Crippen LogP contribution in [0.3, 0.4) is 0 Å². The smallest absolute Gasteiger partial charge is 0.251 e. The number of nitrogens with one attached hydrogen (secondary N) is 1. The van der Waals surface area contributed by atoms with Gasteiger partial charge < -0.3 is 11.1 Å². The highest BCUT2D eigenvalue weighted by molar-refractivity contribution is 5.95. The first-order valence-corrected chi connectivity index (χ1v) is 6.77. The zero-order valence-corrected chi connectivity index (χ0v) is 11.9. The number of carbonyl (C=O) groups is 1. The number of hydrogen-bond acceptors (Lipinski definition) is 2. The van der Waals surface area contributed by atoms with Gasteiger partial charge in [0.15, 0.2) is 0 Å². The van der Waals surface area contributed by atoms with Crippen LogP contribution in [0, 0.1) is 6.92 Å². The maximum absolute atomic E-state index is 12.1. The summed E-state index contributed by atoms with van der Waals surface area (Å²) in [6, 6.07) is 15.5. The third-order valence-electron chi connectivity index (χ3n) is 3.48. The van der Waals surface area contributed by atoms with E-state index < -0.39 is 0 Å². The summed E-state index contributed by atoms with van der Waals surface area (Å²) < 4.78 is 0. The standard InChI is InChI=1S/C17H20N2O/c1-12-8-9-15(10-16(12)18)17(20)19-11-13(2)14-6-4-3-5-7-14/h3-10,13H,11,18H2,1-2H3,(H,19,20). The quantitative estimate of drug-likeness (QED) is 0.837. The maximum Gasteiger partial charge on any atom is 0.251 e. The number of amides is 1. The number of nitrogen functional groups attached to an aromatic ring is 1. The van der Waals surface area contributed by atoms with Crippen molar-refractivity contribution in [3.63, 3.8) is 0 Å². The van der Waals surface area contributed by atoms with Crippen molar-refractivity contribution < 1.29 is 4.79 Å². The predicted molar refractivity (Wildman–Crippen MR) is 82.8 cm³/mol. The van der Waals surface area contributed by atoms with E-state index in [9.17, 15) is 4.79 Å². The SMILES string of the molecule is Cc1ccc(C(=O)NCC(C)c2ccccc2)cc1N. The largest absolute Gasteiger partial charge is 0.398 e. The van der Waals surface area contributed by atoms with E-state index in [1.54, 1.807) is 12.1 Å². The number of carbonyl (C=O) groups excluding carboxylic acids is 1. The van der Waals surface area contributed by atoms with Crippen molar-refractivity contribution in [2.24, 2.45) is 0 Å². The molecule has 0 aliphatic rings. The predicted octanol–water partition coefficient (Wildman–Crippen LogP) is 3.11. The fourth-order valence-corrected chi connectivity index (χ4v) is 2.03. The second kappa shape index (κ2) is 6.24. The van der Waals surface area contributed by atoms with Crippen LogP contribution in [0.2, 0.25) is 0 Å². The van der Waals surface area contributed by atoms with Crippen LogP contribution in [-0.2, 0) is 0 Å². The molecule has 3 heteroatoms. The first-order valence-electron chi connectivity index (χ1n) is 6.77. The molecule has 20 heavy (non-hydrogen) atoms. The molecule has 0 bridgehead atoms. The minimum atomic E-state index is -0.0838. The van der Waals surface area contributed by atoms with E-state index in [1.807, 2.05) is 31.2 Å². The van der Waals surface area contributed by atoms with Crippen LogP contribution in [0.4, 0.5) is 5.69 Å². The topological polar surface area (TPSA) is 55.1 Å². The van der Waals surface area contributed by atoms with Gasteiger partial charge in [-0.2, -0.15) is 0 Å². The molecule has 0 heterocycles. The Morgan fingerprint density at radius 2 is 1.90 bits per heavy atom. The third-order valence-corrected chi connectivity index (χ3v) is 3.48. The van der Waals surface area contributed by atoms with Crippen molar-refractivity contribution in [2.75, 3.05) is 12.3 Å². The maximum atomic E-state index is 12.1. The lowest BCUT2D eigenvalue weighted by molar-refractivity contribution is 0.0951. The Balaban J connectivity index is 1.97. The first-order chi connectivity index (χ1) is 9.58. The summed E-state index contributed by atoms with van der Waals surface area (Å²) in [5.41, 5.74) is 9.28. The van der Waals surface area contributed by atoms with Crippen LogP contribution in [0.25, 0.3) is 0 Å². The molecule has 1 atom stereocenters. The number of anilines is 1. The molecule has 3 N–H and O–H groups in total. The van der Waals surface area contributed by atoms with Gasteiger partial charge in [-0.15, -0.1) is 0 Å². The van der Waals surface area contributed by atoms with E-state index >= 15 is 0 Å². The van der Waals surface area contributed by atoms with Gasteiger partial charge in [0.2, 0.25) is 0 Å². The highest BCUT2D eigenvalue weighted by atomic mass is 16.1. The Morgan fingerprint density at radius 1 is 1.20 bits per heavy atom. The number of hydrogen-bond donors (Lipinski definition) is 2. The van der Waals surface area contributed by atoms with Gasteiger partial charge in [0.1, 0.15) is 0 Å². The van der Waals surface area contributed by atoms with E-state index in [4.69, 9.17) is 5.73 Å². The summed E-state index contributed by atoms with van der Waals surface area (Å²) in [4.78, 5) is 12.1. The van der Waals surface area contributed by atoms with Crippen LogP contribution >= 0.6 is 0 Å². The van der Waals surface area contributed by atoms with Crippen LogP contribution in [0.15, 0.2) is 48.5 Å². The van der Waals surface area contributed by atoms with Gasteiger partial charge in [-0.3, -0.25) is 4.79 Å². The van der Waals surface area contributed by atoms with E-state index in [-0.39, 0.29) is 11.8 Å². The molecule has 0 fully saturated rings. The molecule has 0 radical (unpaired) electrons. The lowest BCUT2D eigenvalue weighted by atomic mass is 10.0. The van der Waals surface area contributed by atoms with Gasteiger partial charge >= 0.3 is 0 Å². The lowest BCUT2D eigenvalue weighted by Crippen LogP contribution is -2.27. The molecule has 0 saturated carbocycles. The summed E-state index contributed by atoms with van der Waals surface area (Å²) >= 11 is 0. The molecule has 2 aromatic carbocycles. The van der Waals surface area contributed by atoms with Gasteiger partial charge in [-0.1, -0.05) is 43.3 Å². The number of aryl methyl sites for hydroxylation is 1. The van der Waals surface area contributed by atoms with E-state index in [2.05, 4.69) is 24.4 Å². The van der Waals surface area contributed by atoms with Gasteiger partial charge in [0.25, 0.3) is 5.91 Å².